The summed E-state index contributed by atoms with van der Waals surface area (Å²) in [6.07, 6.45) is 0. The topological polar surface area (TPSA) is 51.8 Å². The standard InChI is InChI=1S/C53H31N3O/c1-2-8-34(9-3-1)45-28-24-36-20-21-37-25-29-46(55-52(37)51(36)54-45)39-23-17-33-16-22-38(30-40(33)31-39)32-14-18-35(19-15-32)50-44-27-26-42-41-10-5-7-13-48(41)57-53(42)49(44)43-11-4-6-12-47(43)56-50/h1-31H. The molecule has 8 aromatic carbocycles. The predicted octanol–water partition coefficient (Wildman–Crippen LogP) is 14.2. The lowest BCUT2D eigenvalue weighted by molar-refractivity contribution is 0.673. The van der Waals surface area contributed by atoms with Crippen LogP contribution in [0.5, 0.6) is 0 Å². The zero-order valence-electron chi connectivity index (χ0n) is 30.6. The zero-order chi connectivity index (χ0) is 37.5. The Morgan fingerprint density at radius 3 is 1.70 bits per heavy atom. The molecule has 0 bridgehead atoms. The van der Waals surface area contributed by atoms with Crippen LogP contribution in [0, 0.1) is 0 Å². The molecule has 0 radical (unpaired) electrons. The molecule has 0 aliphatic rings. The van der Waals surface area contributed by atoms with Crippen molar-refractivity contribution in [2.45, 2.75) is 0 Å². The van der Waals surface area contributed by atoms with Gasteiger partial charge < -0.3 is 4.42 Å². The first kappa shape index (κ1) is 31.6. The molecular formula is C53H31N3O. The summed E-state index contributed by atoms with van der Waals surface area (Å²) < 4.78 is 6.53. The summed E-state index contributed by atoms with van der Waals surface area (Å²) in [4.78, 5) is 15.6. The Hall–Kier alpha value is -7.69. The molecule has 0 saturated carbocycles. The van der Waals surface area contributed by atoms with Gasteiger partial charge in [0.1, 0.15) is 11.2 Å². The molecule has 12 rings (SSSR count). The third-order valence-corrected chi connectivity index (χ3v) is 11.4. The van der Waals surface area contributed by atoms with E-state index in [1.165, 1.54) is 5.39 Å². The highest BCUT2D eigenvalue weighted by Gasteiger charge is 2.17. The highest BCUT2D eigenvalue weighted by atomic mass is 16.3. The molecule has 264 valence electrons. The van der Waals surface area contributed by atoms with Crippen molar-refractivity contribution in [3.63, 3.8) is 0 Å². The van der Waals surface area contributed by atoms with E-state index in [1.54, 1.807) is 0 Å². The van der Waals surface area contributed by atoms with E-state index in [2.05, 4.69) is 158 Å². The lowest BCUT2D eigenvalue weighted by Crippen LogP contribution is -1.91. The van der Waals surface area contributed by atoms with Crippen LogP contribution in [0.3, 0.4) is 0 Å². The second-order valence-electron chi connectivity index (χ2n) is 14.8. The van der Waals surface area contributed by atoms with E-state index >= 15 is 0 Å². The van der Waals surface area contributed by atoms with Gasteiger partial charge in [0, 0.05) is 54.4 Å². The van der Waals surface area contributed by atoms with E-state index < -0.39 is 0 Å². The van der Waals surface area contributed by atoms with Gasteiger partial charge in [-0.1, -0.05) is 146 Å². The van der Waals surface area contributed by atoms with E-state index in [9.17, 15) is 0 Å². The lowest BCUT2D eigenvalue weighted by atomic mass is 9.95. The van der Waals surface area contributed by atoms with Gasteiger partial charge in [-0.15, -0.1) is 0 Å². The third kappa shape index (κ3) is 5.12. The number of pyridine rings is 3. The van der Waals surface area contributed by atoms with Crippen molar-refractivity contribution in [3.8, 4) is 44.9 Å². The van der Waals surface area contributed by atoms with Crippen molar-refractivity contribution in [1.82, 2.24) is 15.0 Å². The largest absolute Gasteiger partial charge is 0.455 e. The third-order valence-electron chi connectivity index (χ3n) is 11.4. The molecule has 0 spiro atoms. The molecule has 4 nitrogen and oxygen atoms in total. The van der Waals surface area contributed by atoms with Crippen LogP contribution in [0.2, 0.25) is 0 Å². The summed E-state index contributed by atoms with van der Waals surface area (Å²) in [5, 5.41) is 10.0. The molecular weight excluding hydrogens is 695 g/mol. The molecule has 4 heteroatoms. The monoisotopic (exact) mass is 725 g/mol. The summed E-state index contributed by atoms with van der Waals surface area (Å²) in [6, 6.07) is 66.2. The molecule has 0 saturated heterocycles. The molecule has 0 fully saturated rings. The summed E-state index contributed by atoms with van der Waals surface area (Å²) >= 11 is 0. The smallest absolute Gasteiger partial charge is 0.144 e. The number of aromatic nitrogens is 3. The molecule has 0 unspecified atom stereocenters. The Kier molecular flexibility index (Phi) is 6.89. The minimum absolute atomic E-state index is 0.895. The van der Waals surface area contributed by atoms with Crippen LogP contribution in [0.25, 0.3) is 121 Å². The molecule has 0 N–H and O–H groups in total. The van der Waals surface area contributed by atoms with E-state index in [-0.39, 0.29) is 0 Å². The van der Waals surface area contributed by atoms with Crippen LogP contribution in [-0.4, -0.2) is 15.0 Å². The molecule has 4 aromatic heterocycles. The fraction of sp³-hybridized carbons (Fsp3) is 0. The fourth-order valence-electron chi connectivity index (χ4n) is 8.54. The number of benzene rings is 8. The zero-order valence-corrected chi connectivity index (χ0v) is 30.6. The van der Waals surface area contributed by atoms with Gasteiger partial charge in [-0.3, -0.25) is 0 Å². The van der Waals surface area contributed by atoms with E-state index in [1.807, 2.05) is 30.3 Å². The predicted molar refractivity (Wildman–Crippen MR) is 236 cm³/mol. The molecule has 0 amide bonds. The summed E-state index contributed by atoms with van der Waals surface area (Å²) in [5.41, 5.74) is 12.9. The number of para-hydroxylation sites is 2. The fourth-order valence-corrected chi connectivity index (χ4v) is 8.54. The van der Waals surface area contributed by atoms with Gasteiger partial charge in [0.15, 0.2) is 0 Å². The van der Waals surface area contributed by atoms with Crippen LogP contribution in [0.15, 0.2) is 192 Å². The number of fused-ring (bicyclic) bond motifs is 11. The minimum Gasteiger partial charge on any atom is -0.455 e. The number of furan rings is 1. The molecule has 57 heavy (non-hydrogen) atoms. The van der Waals surface area contributed by atoms with Crippen molar-refractivity contribution in [2.75, 3.05) is 0 Å². The Bertz CT molecular complexity index is 3570. The van der Waals surface area contributed by atoms with Crippen molar-refractivity contribution < 1.29 is 4.42 Å². The van der Waals surface area contributed by atoms with Gasteiger partial charge in [0.25, 0.3) is 0 Å². The first-order valence-electron chi connectivity index (χ1n) is 19.3. The maximum absolute atomic E-state index is 6.53. The van der Waals surface area contributed by atoms with E-state index in [0.717, 1.165) is 116 Å². The maximum atomic E-state index is 6.53. The summed E-state index contributed by atoms with van der Waals surface area (Å²) in [5.74, 6) is 0. The lowest BCUT2D eigenvalue weighted by Gasteiger charge is -2.12. The van der Waals surface area contributed by atoms with Gasteiger partial charge >= 0.3 is 0 Å². The van der Waals surface area contributed by atoms with Crippen LogP contribution < -0.4 is 0 Å². The first-order valence-corrected chi connectivity index (χ1v) is 19.3. The van der Waals surface area contributed by atoms with Crippen LogP contribution in [0.4, 0.5) is 0 Å². The van der Waals surface area contributed by atoms with Gasteiger partial charge in [0.05, 0.1) is 33.6 Å². The molecule has 12 aromatic rings. The Labute approximate surface area is 327 Å². The van der Waals surface area contributed by atoms with Gasteiger partial charge in [0.2, 0.25) is 0 Å². The highest BCUT2D eigenvalue weighted by Crippen LogP contribution is 2.41. The SMILES string of the molecule is c1ccc(-c2ccc3ccc4ccc(-c5ccc6ccc(-c7ccc(-c8nc9ccccc9c9c8ccc8c%10ccccc%10oc89)cc7)cc6c5)nc4c3n2)cc1. The second-order valence-corrected chi connectivity index (χ2v) is 14.8. The van der Waals surface area contributed by atoms with Crippen molar-refractivity contribution in [1.29, 1.82) is 0 Å². The number of rotatable bonds is 4. The molecule has 0 aliphatic carbocycles. The Balaban J connectivity index is 0.925. The van der Waals surface area contributed by atoms with E-state index in [0.29, 0.717) is 0 Å². The average molecular weight is 726 g/mol. The molecule has 0 aliphatic heterocycles. The van der Waals surface area contributed by atoms with Crippen molar-refractivity contribution >= 4 is 76.2 Å². The van der Waals surface area contributed by atoms with Crippen LogP contribution >= 0.6 is 0 Å². The summed E-state index contributed by atoms with van der Waals surface area (Å²) in [7, 11) is 0. The summed E-state index contributed by atoms with van der Waals surface area (Å²) in [6.45, 7) is 0. The molecule has 4 heterocycles. The van der Waals surface area contributed by atoms with Gasteiger partial charge in [-0.25, -0.2) is 15.0 Å². The van der Waals surface area contributed by atoms with Crippen LogP contribution in [0.1, 0.15) is 0 Å². The van der Waals surface area contributed by atoms with E-state index in [4.69, 9.17) is 19.4 Å². The normalized spacial score (nSPS) is 11.9. The van der Waals surface area contributed by atoms with Crippen LogP contribution in [-0.2, 0) is 0 Å². The maximum Gasteiger partial charge on any atom is 0.144 e. The quantitative estimate of drug-likeness (QED) is 0.170. The Morgan fingerprint density at radius 1 is 0.333 bits per heavy atom. The second kappa shape index (κ2) is 12.4. The number of hydrogen-bond acceptors (Lipinski definition) is 4. The average Bonchev–Trinajstić information content (AvgIpc) is 3.67. The van der Waals surface area contributed by atoms with Gasteiger partial charge in [-0.05, 0) is 64.4 Å². The Morgan fingerprint density at radius 2 is 0.912 bits per heavy atom. The van der Waals surface area contributed by atoms with Crippen molar-refractivity contribution in [2.24, 2.45) is 0 Å². The number of nitrogens with zero attached hydrogens (tertiary/aromatic N) is 3. The highest BCUT2D eigenvalue weighted by molar-refractivity contribution is 6.24. The number of hydrogen-bond donors (Lipinski definition) is 0. The van der Waals surface area contributed by atoms with Crippen molar-refractivity contribution in [3.05, 3.63) is 188 Å². The molecule has 0 atom stereocenters. The minimum atomic E-state index is 0.895. The first-order chi connectivity index (χ1) is 28.2. The van der Waals surface area contributed by atoms with Gasteiger partial charge in [-0.2, -0.15) is 0 Å².